The summed E-state index contributed by atoms with van der Waals surface area (Å²) in [5.41, 5.74) is 1.51. The second kappa shape index (κ2) is 8.43. The number of ether oxygens (including phenoxy) is 2. The van der Waals surface area contributed by atoms with Crippen molar-refractivity contribution in [3.05, 3.63) is 99.4 Å². The third-order valence-electron chi connectivity index (χ3n) is 4.56. The van der Waals surface area contributed by atoms with E-state index in [9.17, 15) is 9.59 Å². The lowest BCUT2D eigenvalue weighted by molar-refractivity contribution is 0.0735. The molecule has 0 saturated carbocycles. The van der Waals surface area contributed by atoms with Gasteiger partial charge < -0.3 is 13.9 Å². The second-order valence-electron chi connectivity index (χ2n) is 6.58. The maximum absolute atomic E-state index is 12.7. The molecule has 3 aromatic carbocycles. The van der Waals surface area contributed by atoms with Crippen molar-refractivity contribution < 1.29 is 18.7 Å². The Bertz CT molecular complexity index is 1260. The van der Waals surface area contributed by atoms with Crippen LogP contribution >= 0.6 is 11.6 Å². The number of aryl methyl sites for hydroxylation is 1. The van der Waals surface area contributed by atoms with Gasteiger partial charge in [-0.2, -0.15) is 0 Å². The minimum absolute atomic E-state index is 0.0812. The van der Waals surface area contributed by atoms with Crippen LogP contribution < -0.4 is 14.9 Å². The fraction of sp³-hybridized carbons (Fsp3) is 0.0833. The maximum atomic E-state index is 12.7. The molecule has 5 nitrogen and oxygen atoms in total. The average molecular weight is 421 g/mol. The Morgan fingerprint density at radius 2 is 1.67 bits per heavy atom. The van der Waals surface area contributed by atoms with Crippen molar-refractivity contribution in [2.45, 2.75) is 13.3 Å². The highest BCUT2D eigenvalue weighted by molar-refractivity contribution is 6.30. The van der Waals surface area contributed by atoms with Crippen LogP contribution in [0.15, 0.2) is 82.2 Å². The number of rotatable bonds is 5. The number of halogens is 1. The zero-order valence-corrected chi connectivity index (χ0v) is 16.8. The van der Waals surface area contributed by atoms with Crippen LogP contribution in [0.25, 0.3) is 11.0 Å². The van der Waals surface area contributed by atoms with Crippen LogP contribution in [0.4, 0.5) is 0 Å². The molecule has 0 amide bonds. The monoisotopic (exact) mass is 420 g/mol. The summed E-state index contributed by atoms with van der Waals surface area (Å²) in [5, 5.41) is 0.849. The van der Waals surface area contributed by atoms with Crippen LogP contribution in [0.2, 0.25) is 5.02 Å². The van der Waals surface area contributed by atoms with Crippen LogP contribution in [0.3, 0.4) is 0 Å². The molecule has 0 aliphatic rings. The lowest BCUT2D eigenvalue weighted by Crippen LogP contribution is -2.09. The largest absolute Gasteiger partial charge is 0.460 e. The van der Waals surface area contributed by atoms with Gasteiger partial charge in [-0.25, -0.2) is 4.79 Å². The number of benzene rings is 3. The van der Waals surface area contributed by atoms with E-state index in [-0.39, 0.29) is 22.5 Å². The van der Waals surface area contributed by atoms with Gasteiger partial charge in [0, 0.05) is 11.1 Å². The van der Waals surface area contributed by atoms with Gasteiger partial charge >= 0.3 is 5.97 Å². The molecular weight excluding hydrogens is 404 g/mol. The summed E-state index contributed by atoms with van der Waals surface area (Å²) in [4.78, 5) is 25.0. The van der Waals surface area contributed by atoms with Gasteiger partial charge in [0.05, 0.1) is 10.9 Å². The number of esters is 1. The van der Waals surface area contributed by atoms with E-state index >= 15 is 0 Å². The first-order chi connectivity index (χ1) is 14.5. The van der Waals surface area contributed by atoms with E-state index in [1.165, 1.54) is 24.0 Å². The van der Waals surface area contributed by atoms with Crippen molar-refractivity contribution in [2.24, 2.45) is 0 Å². The Kier molecular flexibility index (Phi) is 5.55. The topological polar surface area (TPSA) is 65.7 Å². The van der Waals surface area contributed by atoms with Crippen LogP contribution in [0.1, 0.15) is 22.8 Å². The molecule has 0 atom stereocenters. The fourth-order valence-corrected chi connectivity index (χ4v) is 3.02. The minimum atomic E-state index is -0.538. The van der Waals surface area contributed by atoms with Crippen molar-refractivity contribution in [1.29, 1.82) is 0 Å². The van der Waals surface area contributed by atoms with Gasteiger partial charge in [0.1, 0.15) is 23.3 Å². The quantitative estimate of drug-likeness (QED) is 0.291. The van der Waals surface area contributed by atoms with Gasteiger partial charge in [0.15, 0.2) is 0 Å². The lowest BCUT2D eigenvalue weighted by atomic mass is 10.2. The molecule has 0 aliphatic carbocycles. The molecule has 0 N–H and O–H groups in total. The Balaban J connectivity index is 1.56. The third kappa shape index (κ3) is 4.21. The zero-order valence-electron chi connectivity index (χ0n) is 16.1. The molecule has 0 unspecified atom stereocenters. The molecule has 0 aliphatic heterocycles. The number of carbonyl (C=O) groups excluding carboxylic acids is 1. The first-order valence-corrected chi connectivity index (χ1v) is 9.71. The van der Waals surface area contributed by atoms with Gasteiger partial charge in [-0.15, -0.1) is 0 Å². The molecule has 0 fully saturated rings. The number of fused-ring (bicyclic) bond motifs is 1. The van der Waals surface area contributed by atoms with Crippen molar-refractivity contribution >= 4 is 28.5 Å². The average Bonchev–Trinajstić information content (AvgIpc) is 2.76. The molecule has 0 bridgehead atoms. The normalized spacial score (nSPS) is 10.7. The highest BCUT2D eigenvalue weighted by Crippen LogP contribution is 2.25. The van der Waals surface area contributed by atoms with Gasteiger partial charge in [0.2, 0.25) is 11.2 Å². The first-order valence-electron chi connectivity index (χ1n) is 9.33. The van der Waals surface area contributed by atoms with Gasteiger partial charge in [-0.05, 0) is 60.5 Å². The van der Waals surface area contributed by atoms with E-state index in [0.717, 1.165) is 6.42 Å². The summed E-state index contributed by atoms with van der Waals surface area (Å²) in [5.74, 6) is 0.350. The molecule has 1 heterocycles. The lowest BCUT2D eigenvalue weighted by Gasteiger charge is -2.08. The fourth-order valence-electron chi connectivity index (χ4n) is 2.90. The number of hydrogen-bond donors (Lipinski definition) is 0. The Hall–Kier alpha value is -3.57. The van der Waals surface area contributed by atoms with Gasteiger partial charge in [0.25, 0.3) is 0 Å². The van der Waals surface area contributed by atoms with Crippen LogP contribution in [0, 0.1) is 0 Å². The molecule has 6 heteroatoms. The van der Waals surface area contributed by atoms with E-state index in [1.54, 1.807) is 30.3 Å². The van der Waals surface area contributed by atoms with E-state index < -0.39 is 5.97 Å². The Labute approximate surface area is 177 Å². The molecule has 0 saturated heterocycles. The molecular formula is C24H17ClO5. The van der Waals surface area contributed by atoms with Gasteiger partial charge in [-0.3, -0.25) is 4.79 Å². The summed E-state index contributed by atoms with van der Waals surface area (Å²) in [7, 11) is 0. The van der Waals surface area contributed by atoms with Crippen molar-refractivity contribution in [2.75, 3.05) is 0 Å². The molecule has 0 spiro atoms. The first kappa shape index (κ1) is 19.7. The molecule has 4 rings (SSSR count). The molecule has 1 aromatic heterocycles. The second-order valence-corrected chi connectivity index (χ2v) is 7.02. The van der Waals surface area contributed by atoms with Crippen LogP contribution in [0.5, 0.6) is 17.2 Å². The van der Waals surface area contributed by atoms with Crippen molar-refractivity contribution in [3.63, 3.8) is 0 Å². The zero-order chi connectivity index (χ0) is 21.1. The number of hydrogen-bond acceptors (Lipinski definition) is 5. The third-order valence-corrected chi connectivity index (χ3v) is 4.82. The summed E-state index contributed by atoms with van der Waals surface area (Å²) in [6, 6.07) is 18.4. The van der Waals surface area contributed by atoms with Gasteiger partial charge in [-0.1, -0.05) is 30.7 Å². The smallest absolute Gasteiger partial charge is 0.343 e. The molecule has 150 valence electrons. The standard InChI is InChI=1S/C24H17ClO5/c1-2-15-3-9-18(10-4-15)29-22-14-28-21-13-19(11-12-20(21)23(22)26)30-24(27)16-5-7-17(25)8-6-16/h3-14H,2H2,1H3. The van der Waals surface area contributed by atoms with Crippen LogP contribution in [-0.2, 0) is 6.42 Å². The summed E-state index contributed by atoms with van der Waals surface area (Å²) in [6.07, 6.45) is 2.17. The van der Waals surface area contributed by atoms with Crippen LogP contribution in [-0.4, -0.2) is 5.97 Å². The molecule has 30 heavy (non-hydrogen) atoms. The maximum Gasteiger partial charge on any atom is 0.343 e. The van der Waals surface area contributed by atoms with Crippen molar-refractivity contribution in [3.8, 4) is 17.2 Å². The summed E-state index contributed by atoms with van der Waals surface area (Å²) in [6.45, 7) is 2.06. The number of carbonyl (C=O) groups is 1. The minimum Gasteiger partial charge on any atom is -0.460 e. The van der Waals surface area contributed by atoms with E-state index in [2.05, 4.69) is 6.92 Å². The highest BCUT2D eigenvalue weighted by Gasteiger charge is 2.13. The van der Waals surface area contributed by atoms with E-state index in [0.29, 0.717) is 21.7 Å². The van der Waals surface area contributed by atoms with E-state index in [4.69, 9.17) is 25.5 Å². The summed E-state index contributed by atoms with van der Waals surface area (Å²) >= 11 is 5.83. The summed E-state index contributed by atoms with van der Waals surface area (Å²) < 4.78 is 16.6. The predicted molar refractivity (Wildman–Crippen MR) is 115 cm³/mol. The SMILES string of the molecule is CCc1ccc(Oc2coc3cc(OC(=O)c4ccc(Cl)cc4)ccc3c2=O)cc1. The Morgan fingerprint density at radius 1 is 0.967 bits per heavy atom. The molecule has 4 aromatic rings. The Morgan fingerprint density at radius 3 is 2.37 bits per heavy atom. The van der Waals surface area contributed by atoms with Crippen molar-refractivity contribution in [1.82, 2.24) is 0 Å². The predicted octanol–water partition coefficient (Wildman–Crippen LogP) is 6.02. The van der Waals surface area contributed by atoms with E-state index in [1.807, 2.05) is 24.3 Å². The highest BCUT2D eigenvalue weighted by atomic mass is 35.5. The molecule has 0 radical (unpaired) electrons.